The summed E-state index contributed by atoms with van der Waals surface area (Å²) in [6.45, 7) is 0.773. The zero-order valence-corrected chi connectivity index (χ0v) is 13.0. The van der Waals surface area contributed by atoms with Gasteiger partial charge in [-0.1, -0.05) is 42.5 Å². The predicted octanol–water partition coefficient (Wildman–Crippen LogP) is 2.12. The van der Waals surface area contributed by atoms with E-state index in [1.807, 2.05) is 30.3 Å². The first-order valence-corrected chi connectivity index (χ1v) is 8.58. The van der Waals surface area contributed by atoms with Gasteiger partial charge in [0.15, 0.2) is 0 Å². The number of rotatable bonds is 7. The molecule has 2 aromatic carbocycles. The van der Waals surface area contributed by atoms with Crippen molar-refractivity contribution in [3.63, 3.8) is 0 Å². The molecule has 0 fully saturated rings. The van der Waals surface area contributed by atoms with Gasteiger partial charge in [-0.15, -0.1) is 0 Å². The summed E-state index contributed by atoms with van der Waals surface area (Å²) in [4.78, 5) is 0. The Hall–Kier alpha value is -1.76. The van der Waals surface area contributed by atoms with E-state index in [-0.39, 0.29) is 31.2 Å². The lowest BCUT2D eigenvalue weighted by Crippen LogP contribution is -2.35. The molecule has 0 spiro atoms. The lowest BCUT2D eigenvalue weighted by molar-refractivity contribution is 0.413. The molecule has 0 aliphatic heterocycles. The van der Waals surface area contributed by atoms with Gasteiger partial charge in [0.2, 0.25) is 10.0 Å². The molecular weight excluding hydrogens is 303 g/mol. The zero-order valence-electron chi connectivity index (χ0n) is 12.2. The summed E-state index contributed by atoms with van der Waals surface area (Å²) in [7, 11) is -3.52. The molecule has 0 amide bonds. The number of sulfonamides is 1. The molecule has 4 nitrogen and oxygen atoms in total. The average Bonchev–Trinajstić information content (AvgIpc) is 2.50. The Morgan fingerprint density at radius 1 is 0.955 bits per heavy atom. The molecule has 0 aromatic heterocycles. The molecule has 0 saturated carbocycles. The van der Waals surface area contributed by atoms with Gasteiger partial charge >= 0.3 is 0 Å². The molecule has 2 aromatic rings. The highest BCUT2D eigenvalue weighted by atomic mass is 32.2. The summed E-state index contributed by atoms with van der Waals surface area (Å²) < 4.78 is 39.4. The zero-order chi connectivity index (χ0) is 16.0. The van der Waals surface area contributed by atoms with Crippen LogP contribution in [0.2, 0.25) is 0 Å². The fourth-order valence-corrected chi connectivity index (χ4v) is 3.66. The third kappa shape index (κ3) is 4.62. The largest absolute Gasteiger partial charge is 0.329 e. The number of hydrogen-bond donors (Lipinski definition) is 1. The summed E-state index contributed by atoms with van der Waals surface area (Å²) in [5, 5.41) is 0. The lowest BCUT2D eigenvalue weighted by atomic mass is 10.2. The molecular formula is C16H19FN2O2S. The van der Waals surface area contributed by atoms with Crippen molar-refractivity contribution in [1.29, 1.82) is 0 Å². The molecule has 0 bridgehead atoms. The summed E-state index contributed by atoms with van der Waals surface area (Å²) in [6, 6.07) is 14.8. The number of halogens is 1. The monoisotopic (exact) mass is 322 g/mol. The third-order valence-corrected chi connectivity index (χ3v) is 5.03. The molecule has 0 aliphatic rings. The van der Waals surface area contributed by atoms with Gasteiger partial charge < -0.3 is 5.73 Å². The fourth-order valence-electron chi connectivity index (χ4n) is 2.13. The van der Waals surface area contributed by atoms with Crippen molar-refractivity contribution in [1.82, 2.24) is 4.31 Å². The van der Waals surface area contributed by atoms with Gasteiger partial charge in [-0.3, -0.25) is 0 Å². The van der Waals surface area contributed by atoms with Crippen molar-refractivity contribution in [2.75, 3.05) is 13.1 Å². The van der Waals surface area contributed by atoms with Gasteiger partial charge in [-0.05, 0) is 23.3 Å². The summed E-state index contributed by atoms with van der Waals surface area (Å²) in [6.07, 6.45) is 0. The van der Waals surface area contributed by atoms with Gasteiger partial charge in [0, 0.05) is 19.6 Å². The second-order valence-electron chi connectivity index (χ2n) is 4.99. The van der Waals surface area contributed by atoms with E-state index >= 15 is 0 Å². The maximum Gasteiger partial charge on any atom is 0.218 e. The highest BCUT2D eigenvalue weighted by Crippen LogP contribution is 2.14. The predicted molar refractivity (Wildman–Crippen MR) is 84.9 cm³/mol. The van der Waals surface area contributed by atoms with E-state index in [4.69, 9.17) is 5.73 Å². The van der Waals surface area contributed by atoms with Crippen LogP contribution >= 0.6 is 0 Å². The van der Waals surface area contributed by atoms with Crippen LogP contribution in [0.15, 0.2) is 54.6 Å². The fraction of sp³-hybridized carbons (Fsp3) is 0.250. The Labute approximate surface area is 130 Å². The van der Waals surface area contributed by atoms with Crippen molar-refractivity contribution in [3.05, 3.63) is 71.5 Å². The van der Waals surface area contributed by atoms with Gasteiger partial charge in [-0.25, -0.2) is 12.8 Å². The van der Waals surface area contributed by atoms with E-state index in [0.29, 0.717) is 5.56 Å². The SMILES string of the molecule is NCCN(Cc1ccccc1)S(=O)(=O)Cc1ccc(F)cc1. The standard InChI is InChI=1S/C16H19FN2O2S/c17-16-8-6-15(7-9-16)13-22(20,21)19(11-10-18)12-14-4-2-1-3-5-14/h1-9H,10-13,18H2. The van der Waals surface area contributed by atoms with Crippen LogP contribution in [0.3, 0.4) is 0 Å². The van der Waals surface area contributed by atoms with E-state index in [0.717, 1.165) is 5.56 Å². The van der Waals surface area contributed by atoms with Crippen LogP contribution in [0, 0.1) is 5.82 Å². The minimum atomic E-state index is -3.52. The number of hydrogen-bond acceptors (Lipinski definition) is 3. The average molecular weight is 322 g/mol. The van der Waals surface area contributed by atoms with E-state index in [1.54, 1.807) is 0 Å². The maximum atomic E-state index is 12.9. The Bertz CT molecular complexity index is 688. The van der Waals surface area contributed by atoms with Gasteiger partial charge in [0.05, 0.1) is 5.75 Å². The second kappa shape index (κ2) is 7.49. The van der Waals surface area contributed by atoms with Gasteiger partial charge in [0.25, 0.3) is 0 Å². The summed E-state index contributed by atoms with van der Waals surface area (Å²) in [5.41, 5.74) is 6.99. The first-order chi connectivity index (χ1) is 10.5. The second-order valence-corrected chi connectivity index (χ2v) is 6.96. The van der Waals surface area contributed by atoms with Crippen molar-refractivity contribution in [2.24, 2.45) is 5.73 Å². The summed E-state index contributed by atoms with van der Waals surface area (Å²) in [5.74, 6) is -0.552. The molecule has 0 aliphatic carbocycles. The smallest absolute Gasteiger partial charge is 0.218 e. The van der Waals surface area contributed by atoms with Crippen molar-refractivity contribution in [3.8, 4) is 0 Å². The normalized spacial score (nSPS) is 11.8. The van der Waals surface area contributed by atoms with Gasteiger partial charge in [0.1, 0.15) is 5.82 Å². The first kappa shape index (κ1) is 16.6. The molecule has 22 heavy (non-hydrogen) atoms. The van der Waals surface area contributed by atoms with Crippen LogP contribution in [-0.4, -0.2) is 25.8 Å². The van der Waals surface area contributed by atoms with Crippen LogP contribution in [0.5, 0.6) is 0 Å². The van der Waals surface area contributed by atoms with Crippen LogP contribution in [0.4, 0.5) is 4.39 Å². The molecule has 0 atom stereocenters. The molecule has 0 radical (unpaired) electrons. The Balaban J connectivity index is 2.16. The third-order valence-electron chi connectivity index (χ3n) is 3.24. The number of benzene rings is 2. The Morgan fingerprint density at radius 2 is 1.59 bits per heavy atom. The van der Waals surface area contributed by atoms with E-state index < -0.39 is 10.0 Å². The topological polar surface area (TPSA) is 63.4 Å². The molecule has 0 unspecified atom stereocenters. The molecule has 0 saturated heterocycles. The van der Waals surface area contributed by atoms with Crippen molar-refractivity contribution < 1.29 is 12.8 Å². The summed E-state index contributed by atoms with van der Waals surface area (Å²) >= 11 is 0. The van der Waals surface area contributed by atoms with Crippen LogP contribution in [-0.2, 0) is 22.3 Å². The Kier molecular flexibility index (Phi) is 5.65. The van der Waals surface area contributed by atoms with Crippen molar-refractivity contribution in [2.45, 2.75) is 12.3 Å². The molecule has 118 valence electrons. The highest BCUT2D eigenvalue weighted by molar-refractivity contribution is 7.88. The molecule has 2 N–H and O–H groups in total. The maximum absolute atomic E-state index is 12.9. The van der Waals surface area contributed by atoms with Gasteiger partial charge in [-0.2, -0.15) is 4.31 Å². The number of nitrogens with zero attached hydrogens (tertiary/aromatic N) is 1. The van der Waals surface area contributed by atoms with Crippen LogP contribution < -0.4 is 5.73 Å². The van der Waals surface area contributed by atoms with Crippen LogP contribution in [0.25, 0.3) is 0 Å². The minimum absolute atomic E-state index is 0.167. The van der Waals surface area contributed by atoms with E-state index in [1.165, 1.54) is 28.6 Å². The number of nitrogens with two attached hydrogens (primary N) is 1. The molecule has 2 rings (SSSR count). The van der Waals surface area contributed by atoms with E-state index in [2.05, 4.69) is 0 Å². The van der Waals surface area contributed by atoms with Crippen LogP contribution in [0.1, 0.15) is 11.1 Å². The highest BCUT2D eigenvalue weighted by Gasteiger charge is 2.22. The minimum Gasteiger partial charge on any atom is -0.329 e. The first-order valence-electron chi connectivity index (χ1n) is 6.97. The lowest BCUT2D eigenvalue weighted by Gasteiger charge is -2.21. The Morgan fingerprint density at radius 3 is 2.18 bits per heavy atom. The van der Waals surface area contributed by atoms with E-state index in [9.17, 15) is 12.8 Å². The quantitative estimate of drug-likeness (QED) is 0.849. The molecule has 6 heteroatoms. The van der Waals surface area contributed by atoms with Crippen molar-refractivity contribution >= 4 is 10.0 Å². The molecule has 0 heterocycles.